The van der Waals surface area contributed by atoms with Gasteiger partial charge < -0.3 is 15.6 Å². The van der Waals surface area contributed by atoms with Crippen molar-refractivity contribution < 1.29 is 9.84 Å². The zero-order valence-corrected chi connectivity index (χ0v) is 11.8. The van der Waals surface area contributed by atoms with E-state index in [1.54, 1.807) is 7.11 Å². The molecule has 0 amide bonds. The Bertz CT molecular complexity index is 419. The van der Waals surface area contributed by atoms with Crippen LogP contribution in [0.1, 0.15) is 36.0 Å². The van der Waals surface area contributed by atoms with Gasteiger partial charge in [-0.2, -0.15) is 0 Å². The highest BCUT2D eigenvalue weighted by Gasteiger charge is 2.27. The summed E-state index contributed by atoms with van der Waals surface area (Å²) in [5, 5.41) is 10.7. The van der Waals surface area contributed by atoms with E-state index in [1.807, 2.05) is 0 Å². The summed E-state index contributed by atoms with van der Waals surface area (Å²) in [5.41, 5.74) is 8.89. The van der Waals surface area contributed by atoms with Crippen molar-refractivity contribution in [3.05, 3.63) is 34.9 Å². The molecule has 1 atom stereocenters. The van der Waals surface area contributed by atoms with E-state index in [-0.39, 0.29) is 0 Å². The summed E-state index contributed by atoms with van der Waals surface area (Å²) in [6, 6.07) is 6.62. The molecular weight excluding hydrogens is 238 g/mol. The van der Waals surface area contributed by atoms with Crippen molar-refractivity contribution >= 4 is 0 Å². The second-order valence-electron chi connectivity index (χ2n) is 5.68. The minimum absolute atomic E-state index is 0.365. The monoisotopic (exact) mass is 263 g/mol. The molecule has 3 heteroatoms. The molecule has 0 saturated heterocycles. The number of hydrogen-bond acceptors (Lipinski definition) is 3. The fraction of sp³-hybridized carbons (Fsp3) is 0.625. The Kier molecular flexibility index (Phi) is 4.97. The zero-order chi connectivity index (χ0) is 13.7. The molecule has 2 rings (SSSR count). The number of hydrogen-bond donors (Lipinski definition) is 2. The van der Waals surface area contributed by atoms with Crippen LogP contribution in [0.5, 0.6) is 0 Å². The van der Waals surface area contributed by atoms with Gasteiger partial charge in [-0.05, 0) is 55.3 Å². The highest BCUT2D eigenvalue weighted by molar-refractivity contribution is 5.35. The maximum atomic E-state index is 10.7. The van der Waals surface area contributed by atoms with E-state index in [0.717, 1.165) is 6.42 Å². The molecule has 0 heterocycles. The van der Waals surface area contributed by atoms with E-state index in [2.05, 4.69) is 18.2 Å². The molecule has 0 radical (unpaired) electrons. The van der Waals surface area contributed by atoms with Crippen molar-refractivity contribution in [2.75, 3.05) is 20.3 Å². The number of nitrogens with two attached hydrogens (primary N) is 1. The molecule has 1 aromatic rings. The Morgan fingerprint density at radius 3 is 2.84 bits per heavy atom. The summed E-state index contributed by atoms with van der Waals surface area (Å²) >= 11 is 0. The normalized spacial score (nSPS) is 17.2. The van der Waals surface area contributed by atoms with Gasteiger partial charge in [0.05, 0.1) is 12.2 Å². The lowest BCUT2D eigenvalue weighted by Crippen LogP contribution is -2.37. The number of aryl methyl sites for hydroxylation is 2. The van der Waals surface area contributed by atoms with Crippen LogP contribution in [0.15, 0.2) is 18.2 Å². The summed E-state index contributed by atoms with van der Waals surface area (Å²) in [7, 11) is 1.64. The van der Waals surface area contributed by atoms with Gasteiger partial charge in [0.25, 0.3) is 0 Å². The van der Waals surface area contributed by atoms with Crippen LogP contribution < -0.4 is 5.73 Å². The molecule has 0 bridgehead atoms. The van der Waals surface area contributed by atoms with Crippen LogP contribution in [-0.2, 0) is 24.0 Å². The molecule has 1 aliphatic carbocycles. The summed E-state index contributed by atoms with van der Waals surface area (Å²) in [6.45, 7) is 0.973. The second kappa shape index (κ2) is 6.51. The van der Waals surface area contributed by atoms with E-state index in [0.29, 0.717) is 26.0 Å². The van der Waals surface area contributed by atoms with Gasteiger partial charge in [0.2, 0.25) is 0 Å². The molecule has 3 nitrogen and oxygen atoms in total. The highest BCUT2D eigenvalue weighted by atomic mass is 16.5. The first-order chi connectivity index (χ1) is 9.17. The third-order valence-corrected chi connectivity index (χ3v) is 3.96. The van der Waals surface area contributed by atoms with Gasteiger partial charge in [-0.3, -0.25) is 0 Å². The maximum absolute atomic E-state index is 10.7. The number of ether oxygens (including phenoxy) is 1. The maximum Gasteiger partial charge on any atom is 0.0920 e. The van der Waals surface area contributed by atoms with Crippen molar-refractivity contribution in [2.24, 2.45) is 5.73 Å². The van der Waals surface area contributed by atoms with E-state index in [1.165, 1.54) is 36.0 Å². The molecule has 0 fully saturated rings. The quantitative estimate of drug-likeness (QED) is 0.789. The van der Waals surface area contributed by atoms with Crippen molar-refractivity contribution in [1.82, 2.24) is 0 Å². The number of aliphatic hydroxyl groups is 1. The largest absolute Gasteiger partial charge is 0.387 e. The van der Waals surface area contributed by atoms with Crippen LogP contribution in [0.2, 0.25) is 0 Å². The molecule has 3 N–H and O–H groups in total. The first kappa shape index (κ1) is 14.5. The number of benzene rings is 1. The Morgan fingerprint density at radius 2 is 2.11 bits per heavy atom. The van der Waals surface area contributed by atoms with Crippen molar-refractivity contribution in [3.63, 3.8) is 0 Å². The van der Waals surface area contributed by atoms with Gasteiger partial charge in [0.1, 0.15) is 0 Å². The molecule has 106 valence electrons. The molecule has 1 aliphatic rings. The van der Waals surface area contributed by atoms with Gasteiger partial charge in [0, 0.05) is 13.5 Å². The molecular formula is C16H25NO2. The number of methoxy groups -OCH3 is 1. The molecule has 0 spiro atoms. The van der Waals surface area contributed by atoms with Gasteiger partial charge >= 0.3 is 0 Å². The molecule has 0 saturated carbocycles. The average Bonchev–Trinajstić information content (AvgIpc) is 2.84. The third-order valence-electron chi connectivity index (χ3n) is 3.96. The molecule has 0 aromatic heterocycles. The van der Waals surface area contributed by atoms with Crippen LogP contribution in [0.4, 0.5) is 0 Å². The van der Waals surface area contributed by atoms with Crippen molar-refractivity contribution in [1.29, 1.82) is 0 Å². The Balaban J connectivity index is 2.07. The highest BCUT2D eigenvalue weighted by Crippen LogP contribution is 2.26. The van der Waals surface area contributed by atoms with Crippen LogP contribution in [0, 0.1) is 0 Å². The Morgan fingerprint density at radius 1 is 1.32 bits per heavy atom. The second-order valence-corrected chi connectivity index (χ2v) is 5.68. The predicted molar refractivity (Wildman–Crippen MR) is 77.3 cm³/mol. The third kappa shape index (κ3) is 3.78. The van der Waals surface area contributed by atoms with Crippen molar-refractivity contribution in [3.8, 4) is 0 Å². The van der Waals surface area contributed by atoms with Crippen LogP contribution in [0.25, 0.3) is 0 Å². The Hall–Kier alpha value is -0.900. The van der Waals surface area contributed by atoms with Crippen LogP contribution in [-0.4, -0.2) is 31.0 Å². The minimum Gasteiger partial charge on any atom is -0.387 e. The standard InChI is InChI=1S/C16H25NO2/c1-19-12-16(18,8-3-9-17)11-13-6-7-14-4-2-5-15(14)10-13/h6-7,10,18H,2-5,8-9,11-12,17H2,1H3. The fourth-order valence-corrected chi connectivity index (χ4v) is 3.03. The lowest BCUT2D eigenvalue weighted by molar-refractivity contribution is -0.0375. The lowest BCUT2D eigenvalue weighted by Gasteiger charge is -2.27. The summed E-state index contributed by atoms with van der Waals surface area (Å²) in [6.07, 6.45) is 5.79. The first-order valence-corrected chi connectivity index (χ1v) is 7.19. The zero-order valence-electron chi connectivity index (χ0n) is 11.8. The summed E-state index contributed by atoms with van der Waals surface area (Å²) in [5.74, 6) is 0. The van der Waals surface area contributed by atoms with E-state index in [9.17, 15) is 5.11 Å². The number of rotatable bonds is 7. The fourth-order valence-electron chi connectivity index (χ4n) is 3.03. The van der Waals surface area contributed by atoms with Gasteiger partial charge in [-0.1, -0.05) is 18.2 Å². The predicted octanol–water partition coefficient (Wildman–Crippen LogP) is 1.83. The van der Waals surface area contributed by atoms with Crippen LogP contribution in [0.3, 0.4) is 0 Å². The van der Waals surface area contributed by atoms with Crippen LogP contribution >= 0.6 is 0 Å². The SMILES string of the molecule is COCC(O)(CCCN)Cc1ccc2c(c1)CCC2. The molecule has 1 unspecified atom stereocenters. The molecule has 1 aromatic carbocycles. The number of fused-ring (bicyclic) bond motifs is 1. The smallest absolute Gasteiger partial charge is 0.0920 e. The van der Waals surface area contributed by atoms with Gasteiger partial charge in [-0.15, -0.1) is 0 Å². The minimum atomic E-state index is -0.791. The van der Waals surface area contributed by atoms with Crippen molar-refractivity contribution in [2.45, 2.75) is 44.1 Å². The van der Waals surface area contributed by atoms with E-state index < -0.39 is 5.60 Å². The van der Waals surface area contributed by atoms with E-state index >= 15 is 0 Å². The van der Waals surface area contributed by atoms with Gasteiger partial charge in [0.15, 0.2) is 0 Å². The lowest BCUT2D eigenvalue weighted by atomic mass is 9.89. The van der Waals surface area contributed by atoms with Gasteiger partial charge in [-0.25, -0.2) is 0 Å². The average molecular weight is 263 g/mol. The first-order valence-electron chi connectivity index (χ1n) is 7.19. The summed E-state index contributed by atoms with van der Waals surface area (Å²) in [4.78, 5) is 0. The summed E-state index contributed by atoms with van der Waals surface area (Å²) < 4.78 is 5.18. The molecule has 19 heavy (non-hydrogen) atoms. The van der Waals surface area contributed by atoms with E-state index in [4.69, 9.17) is 10.5 Å². The topological polar surface area (TPSA) is 55.5 Å². The molecule has 0 aliphatic heterocycles. The Labute approximate surface area is 115 Å².